The number of allylic oxidation sites excluding steroid dienone is 2. The summed E-state index contributed by atoms with van der Waals surface area (Å²) in [6, 6.07) is 0. The molecular formula is C12H12O3. The number of hydrogen-bond acceptors (Lipinski definition) is 3. The number of rotatable bonds is 1. The van der Waals surface area contributed by atoms with E-state index in [-0.39, 0.29) is 17.9 Å². The molecule has 1 saturated heterocycles. The molecule has 2 aliphatic carbocycles. The van der Waals surface area contributed by atoms with Crippen molar-refractivity contribution >= 4 is 11.9 Å². The maximum Gasteiger partial charge on any atom is 0.328 e. The zero-order valence-electron chi connectivity index (χ0n) is 8.36. The molecule has 0 saturated carbocycles. The molecule has 3 rings (SSSR count). The first-order valence-electron chi connectivity index (χ1n) is 5.38. The van der Waals surface area contributed by atoms with Crippen molar-refractivity contribution < 1.29 is 14.3 Å². The van der Waals surface area contributed by atoms with Gasteiger partial charge in [-0.05, 0) is 25.7 Å². The van der Waals surface area contributed by atoms with Gasteiger partial charge in [-0.2, -0.15) is 0 Å². The van der Waals surface area contributed by atoms with Crippen molar-refractivity contribution in [3.63, 3.8) is 0 Å². The van der Waals surface area contributed by atoms with Crippen molar-refractivity contribution in [1.82, 2.24) is 0 Å². The first-order valence-corrected chi connectivity index (χ1v) is 5.38. The van der Waals surface area contributed by atoms with E-state index in [9.17, 15) is 9.59 Å². The molecule has 2 atom stereocenters. The molecule has 0 amide bonds. The van der Waals surface area contributed by atoms with Crippen molar-refractivity contribution in [2.24, 2.45) is 11.3 Å². The summed E-state index contributed by atoms with van der Waals surface area (Å²) in [5, 5.41) is 0. The Bertz CT molecular complexity index is 405. The number of hydrogen-bond donors (Lipinski definition) is 0. The lowest BCUT2D eigenvalue weighted by Gasteiger charge is -2.35. The van der Waals surface area contributed by atoms with Gasteiger partial charge in [0.05, 0.1) is 5.92 Å². The molecule has 3 nitrogen and oxygen atoms in total. The Kier molecular flexibility index (Phi) is 1.67. The highest BCUT2D eigenvalue weighted by atomic mass is 16.6. The summed E-state index contributed by atoms with van der Waals surface area (Å²) in [6.45, 7) is 0. The Labute approximate surface area is 87.8 Å². The van der Waals surface area contributed by atoms with Crippen LogP contribution in [0, 0.1) is 11.3 Å². The normalized spacial score (nSPS) is 38.1. The van der Waals surface area contributed by atoms with E-state index in [0.717, 1.165) is 31.3 Å². The Morgan fingerprint density at radius 1 is 1.33 bits per heavy atom. The van der Waals surface area contributed by atoms with Gasteiger partial charge in [-0.15, -0.1) is 0 Å². The topological polar surface area (TPSA) is 43.4 Å². The van der Waals surface area contributed by atoms with E-state index in [1.54, 1.807) is 0 Å². The van der Waals surface area contributed by atoms with Crippen LogP contribution < -0.4 is 0 Å². The average molecular weight is 204 g/mol. The monoisotopic (exact) mass is 204 g/mol. The Morgan fingerprint density at radius 3 is 2.80 bits per heavy atom. The van der Waals surface area contributed by atoms with Crippen LogP contribution in [0.5, 0.6) is 0 Å². The van der Waals surface area contributed by atoms with E-state index in [4.69, 9.17) is 4.74 Å². The third-order valence-electron chi connectivity index (χ3n) is 3.70. The van der Waals surface area contributed by atoms with Crippen molar-refractivity contribution in [3.8, 4) is 0 Å². The van der Waals surface area contributed by atoms with Gasteiger partial charge in [0.2, 0.25) is 0 Å². The van der Waals surface area contributed by atoms with Crippen LogP contribution in [0.4, 0.5) is 0 Å². The van der Waals surface area contributed by atoms with Gasteiger partial charge in [-0.25, -0.2) is 0 Å². The molecule has 1 fully saturated rings. The third-order valence-corrected chi connectivity index (χ3v) is 3.70. The van der Waals surface area contributed by atoms with Gasteiger partial charge in [0.15, 0.2) is 0 Å². The van der Waals surface area contributed by atoms with Crippen molar-refractivity contribution in [3.05, 3.63) is 23.8 Å². The molecule has 15 heavy (non-hydrogen) atoms. The highest BCUT2D eigenvalue weighted by Gasteiger charge is 2.59. The molecule has 0 aromatic heterocycles. The molecular weight excluding hydrogens is 192 g/mol. The fourth-order valence-electron chi connectivity index (χ4n) is 2.76. The van der Waals surface area contributed by atoms with Crippen LogP contribution in [0.25, 0.3) is 0 Å². The lowest BCUT2D eigenvalue weighted by atomic mass is 9.63. The van der Waals surface area contributed by atoms with E-state index < -0.39 is 5.41 Å². The molecule has 0 bridgehead atoms. The second-order valence-electron chi connectivity index (χ2n) is 4.38. The summed E-state index contributed by atoms with van der Waals surface area (Å²) in [4.78, 5) is 23.4. The number of carbonyl (C=O) groups is 2. The van der Waals surface area contributed by atoms with Crippen molar-refractivity contribution in [1.29, 1.82) is 0 Å². The number of fused-ring (bicyclic) bond motifs is 1. The van der Waals surface area contributed by atoms with Gasteiger partial charge in [0.1, 0.15) is 5.41 Å². The summed E-state index contributed by atoms with van der Waals surface area (Å²) in [5.74, 6) is -0.960. The minimum Gasteiger partial charge on any atom is -0.392 e. The van der Waals surface area contributed by atoms with Crippen LogP contribution >= 0.6 is 0 Å². The highest BCUT2D eigenvalue weighted by Crippen LogP contribution is 2.52. The molecule has 1 aliphatic heterocycles. The van der Waals surface area contributed by atoms with Gasteiger partial charge < -0.3 is 4.74 Å². The summed E-state index contributed by atoms with van der Waals surface area (Å²) < 4.78 is 4.80. The SMILES string of the molecule is O=C1OC(=O)C2(C3=CCC3)C=CCCC12. The summed E-state index contributed by atoms with van der Waals surface area (Å²) in [7, 11) is 0. The number of ether oxygens (including phenoxy) is 1. The van der Waals surface area contributed by atoms with Crippen LogP contribution in [0.1, 0.15) is 25.7 Å². The standard InChI is InChI=1S/C12H12O3/c13-10-9-6-1-2-7-12(9,11(14)15-10)8-4-3-5-8/h2,4,7,9H,1,3,5-6H2. The fraction of sp³-hybridized carbons (Fsp3) is 0.500. The predicted molar refractivity (Wildman–Crippen MR) is 52.7 cm³/mol. The van der Waals surface area contributed by atoms with Gasteiger partial charge in [-0.1, -0.05) is 23.8 Å². The molecule has 0 spiro atoms. The number of cyclic esters (lactones) is 2. The minimum atomic E-state index is -0.715. The summed E-state index contributed by atoms with van der Waals surface area (Å²) in [6.07, 6.45) is 9.47. The van der Waals surface area contributed by atoms with Crippen LogP contribution in [0.3, 0.4) is 0 Å². The molecule has 0 radical (unpaired) electrons. The molecule has 1 heterocycles. The largest absolute Gasteiger partial charge is 0.392 e. The van der Waals surface area contributed by atoms with Crippen LogP contribution in [-0.2, 0) is 14.3 Å². The third kappa shape index (κ3) is 0.954. The first kappa shape index (κ1) is 8.89. The molecule has 3 aliphatic rings. The minimum absolute atomic E-state index is 0.262. The van der Waals surface area contributed by atoms with Gasteiger partial charge >= 0.3 is 11.9 Å². The maximum atomic E-state index is 11.8. The Morgan fingerprint density at radius 2 is 2.13 bits per heavy atom. The maximum absolute atomic E-state index is 11.8. The van der Waals surface area contributed by atoms with E-state index in [0.29, 0.717) is 0 Å². The Balaban J connectivity index is 2.14. The second kappa shape index (κ2) is 2.81. The fourth-order valence-corrected chi connectivity index (χ4v) is 2.76. The molecule has 0 aromatic carbocycles. The summed E-state index contributed by atoms with van der Waals surface area (Å²) in [5.41, 5.74) is 0.368. The molecule has 3 heteroatoms. The summed E-state index contributed by atoms with van der Waals surface area (Å²) >= 11 is 0. The zero-order chi connectivity index (χ0) is 10.5. The van der Waals surface area contributed by atoms with Crippen molar-refractivity contribution in [2.75, 3.05) is 0 Å². The lowest BCUT2D eigenvalue weighted by Crippen LogP contribution is -2.37. The van der Waals surface area contributed by atoms with Gasteiger partial charge in [0, 0.05) is 0 Å². The van der Waals surface area contributed by atoms with E-state index in [2.05, 4.69) is 6.08 Å². The van der Waals surface area contributed by atoms with Crippen molar-refractivity contribution in [2.45, 2.75) is 25.7 Å². The molecule has 2 unspecified atom stereocenters. The van der Waals surface area contributed by atoms with E-state index in [1.807, 2.05) is 12.2 Å². The lowest BCUT2D eigenvalue weighted by molar-refractivity contribution is -0.154. The van der Waals surface area contributed by atoms with Gasteiger partial charge in [-0.3, -0.25) is 9.59 Å². The number of esters is 2. The molecule has 78 valence electrons. The van der Waals surface area contributed by atoms with Crippen LogP contribution in [-0.4, -0.2) is 11.9 Å². The van der Waals surface area contributed by atoms with Crippen LogP contribution in [0.2, 0.25) is 0 Å². The predicted octanol–water partition coefficient (Wildman–Crippen LogP) is 1.74. The quantitative estimate of drug-likeness (QED) is 0.371. The first-order chi connectivity index (χ1) is 7.25. The second-order valence-corrected chi connectivity index (χ2v) is 4.38. The highest BCUT2D eigenvalue weighted by molar-refractivity contribution is 6.03. The zero-order valence-corrected chi connectivity index (χ0v) is 8.36. The average Bonchev–Trinajstić information content (AvgIpc) is 2.38. The molecule has 0 aromatic rings. The van der Waals surface area contributed by atoms with Crippen LogP contribution in [0.15, 0.2) is 23.8 Å². The number of carbonyl (C=O) groups excluding carboxylic acids is 2. The Hall–Kier alpha value is -1.38. The van der Waals surface area contributed by atoms with E-state index >= 15 is 0 Å². The van der Waals surface area contributed by atoms with E-state index in [1.165, 1.54) is 0 Å². The molecule has 0 N–H and O–H groups in total. The van der Waals surface area contributed by atoms with Gasteiger partial charge in [0.25, 0.3) is 0 Å². The smallest absolute Gasteiger partial charge is 0.328 e.